The Labute approximate surface area is 240 Å². The van der Waals surface area contributed by atoms with E-state index in [9.17, 15) is 14.4 Å². The van der Waals surface area contributed by atoms with E-state index in [1.807, 2.05) is 66.6 Å². The van der Waals surface area contributed by atoms with Crippen LogP contribution in [0.3, 0.4) is 0 Å². The maximum atomic E-state index is 13.6. The molecule has 3 heterocycles. The van der Waals surface area contributed by atoms with E-state index in [0.29, 0.717) is 18.7 Å². The first kappa shape index (κ1) is 28.2. The largest absolute Gasteiger partial charge is 0.361 e. The molecule has 0 spiro atoms. The molecule has 0 aliphatic carbocycles. The van der Waals surface area contributed by atoms with E-state index in [2.05, 4.69) is 27.6 Å². The van der Waals surface area contributed by atoms with E-state index < -0.39 is 5.92 Å². The lowest BCUT2D eigenvalue weighted by Gasteiger charge is -2.27. The number of carbonyl (C=O) groups is 3. The molecule has 8 heteroatoms. The molecule has 2 aromatic carbocycles. The quantitative estimate of drug-likeness (QED) is 0.321. The summed E-state index contributed by atoms with van der Waals surface area (Å²) < 4.78 is 5.07. The predicted molar refractivity (Wildman–Crippen MR) is 156 cm³/mol. The van der Waals surface area contributed by atoms with Gasteiger partial charge in [-0.05, 0) is 49.8 Å². The van der Waals surface area contributed by atoms with Gasteiger partial charge in [0.1, 0.15) is 11.5 Å². The van der Waals surface area contributed by atoms with Crippen LogP contribution in [0.1, 0.15) is 72.4 Å². The Morgan fingerprint density at radius 2 is 1.78 bits per heavy atom. The minimum Gasteiger partial charge on any atom is -0.361 e. The molecule has 0 saturated carbocycles. The SMILES string of the molecule is Cc1cc(C(=O)C[C@@H](CC(=O)N2CCC[C@@H]2c2ccccc2)C(=O)N[C@@H](C)C2=NC=C(Cc3ccccc3)C2)no1. The number of ketones is 1. The molecule has 5 rings (SSSR count). The lowest BCUT2D eigenvalue weighted by molar-refractivity contribution is -0.137. The van der Waals surface area contributed by atoms with E-state index in [-0.39, 0.29) is 48.2 Å². The third-order valence-electron chi connectivity index (χ3n) is 7.85. The third kappa shape index (κ3) is 7.06. The summed E-state index contributed by atoms with van der Waals surface area (Å²) in [5.41, 5.74) is 4.50. The zero-order valence-corrected chi connectivity index (χ0v) is 23.6. The van der Waals surface area contributed by atoms with Crippen molar-refractivity contribution in [3.05, 3.63) is 101 Å². The molecule has 8 nitrogen and oxygen atoms in total. The molecule has 41 heavy (non-hydrogen) atoms. The van der Waals surface area contributed by atoms with E-state index in [1.165, 1.54) is 11.1 Å². The maximum Gasteiger partial charge on any atom is 0.224 e. The Kier molecular flexibility index (Phi) is 8.87. The van der Waals surface area contributed by atoms with Crippen LogP contribution < -0.4 is 5.32 Å². The Morgan fingerprint density at radius 3 is 2.49 bits per heavy atom. The number of hydrogen-bond acceptors (Lipinski definition) is 6. The highest BCUT2D eigenvalue weighted by atomic mass is 16.5. The van der Waals surface area contributed by atoms with Gasteiger partial charge in [0.25, 0.3) is 0 Å². The molecule has 1 fully saturated rings. The van der Waals surface area contributed by atoms with Gasteiger partial charge in [0, 0.05) is 43.8 Å². The van der Waals surface area contributed by atoms with Gasteiger partial charge in [0.15, 0.2) is 5.78 Å². The number of benzene rings is 2. The Morgan fingerprint density at radius 1 is 1.05 bits per heavy atom. The molecular formula is C33H36N4O4. The summed E-state index contributed by atoms with van der Waals surface area (Å²) in [5, 5.41) is 6.86. The first-order valence-electron chi connectivity index (χ1n) is 14.3. The Hall–Kier alpha value is -4.33. The molecule has 0 unspecified atom stereocenters. The first-order valence-corrected chi connectivity index (χ1v) is 14.3. The molecular weight excluding hydrogens is 516 g/mol. The number of rotatable bonds is 11. The molecule has 1 saturated heterocycles. The lowest BCUT2D eigenvalue weighted by Crippen LogP contribution is -2.43. The number of aryl methyl sites for hydroxylation is 1. The van der Waals surface area contributed by atoms with Crippen molar-refractivity contribution in [1.82, 2.24) is 15.4 Å². The van der Waals surface area contributed by atoms with Gasteiger partial charge in [-0.2, -0.15) is 0 Å². The number of nitrogens with one attached hydrogen (secondary N) is 1. The standard InChI is InChI=1S/C33H36N4O4/c1-22-16-29(36-41-22)31(38)19-27(20-32(39)37-15-9-14-30(37)26-12-7-4-8-13-26)33(40)35-23(2)28-18-25(21-34-28)17-24-10-5-3-6-11-24/h3-8,10-13,16,21,23,27,30H,9,14-15,17-20H2,1-2H3,(H,35,40)/t23-,27-,30+/m0/s1. The average Bonchev–Trinajstić information content (AvgIpc) is 3.75. The van der Waals surface area contributed by atoms with Crippen LogP contribution in [0.15, 0.2) is 88.0 Å². The second kappa shape index (κ2) is 12.9. The van der Waals surface area contributed by atoms with Crippen molar-refractivity contribution < 1.29 is 18.9 Å². The van der Waals surface area contributed by atoms with Crippen LogP contribution in [0.5, 0.6) is 0 Å². The Bertz CT molecular complexity index is 1440. The summed E-state index contributed by atoms with van der Waals surface area (Å²) in [5.74, 6) is -1.12. The molecule has 2 amide bonds. The fraction of sp³-hybridized carbons (Fsp3) is 0.364. The fourth-order valence-corrected chi connectivity index (χ4v) is 5.64. The first-order chi connectivity index (χ1) is 19.9. The van der Waals surface area contributed by atoms with Crippen LogP contribution in [-0.2, 0) is 16.0 Å². The summed E-state index contributed by atoms with van der Waals surface area (Å²) in [7, 11) is 0. The van der Waals surface area contributed by atoms with E-state index in [0.717, 1.165) is 30.5 Å². The number of aromatic nitrogens is 1. The monoisotopic (exact) mass is 552 g/mol. The molecule has 1 N–H and O–H groups in total. The molecule has 3 aromatic rings. The Balaban J connectivity index is 1.25. The summed E-state index contributed by atoms with van der Waals surface area (Å²) in [6.45, 7) is 4.23. The number of aliphatic imine (C=N–C) groups is 1. The summed E-state index contributed by atoms with van der Waals surface area (Å²) in [6, 6.07) is 21.3. The molecule has 3 atom stereocenters. The average molecular weight is 553 g/mol. The van der Waals surface area contributed by atoms with Gasteiger partial charge >= 0.3 is 0 Å². The predicted octanol–water partition coefficient (Wildman–Crippen LogP) is 5.40. The van der Waals surface area contributed by atoms with Crippen LogP contribution in [0.2, 0.25) is 0 Å². The summed E-state index contributed by atoms with van der Waals surface area (Å²) >= 11 is 0. The van der Waals surface area contributed by atoms with Crippen molar-refractivity contribution in [3.8, 4) is 0 Å². The maximum absolute atomic E-state index is 13.6. The number of carbonyl (C=O) groups excluding carboxylic acids is 3. The van der Waals surface area contributed by atoms with Gasteiger partial charge in [-0.25, -0.2) is 0 Å². The van der Waals surface area contributed by atoms with Crippen molar-refractivity contribution >= 4 is 23.3 Å². The minimum absolute atomic E-state index is 0.0258. The number of Topliss-reactive ketones (excluding diaryl/α,β-unsaturated/α-hetero) is 1. The minimum atomic E-state index is -0.842. The highest BCUT2D eigenvalue weighted by molar-refractivity contribution is 6.00. The molecule has 2 aliphatic rings. The van der Waals surface area contributed by atoms with Gasteiger partial charge in [0.05, 0.1) is 18.0 Å². The summed E-state index contributed by atoms with van der Waals surface area (Å²) in [4.78, 5) is 46.7. The fourth-order valence-electron chi connectivity index (χ4n) is 5.64. The summed E-state index contributed by atoms with van der Waals surface area (Å²) in [6.07, 6.45) is 4.92. The van der Waals surface area contributed by atoms with Gasteiger partial charge in [-0.1, -0.05) is 65.8 Å². The molecule has 1 aromatic heterocycles. The van der Waals surface area contributed by atoms with E-state index in [4.69, 9.17) is 4.52 Å². The van der Waals surface area contributed by atoms with E-state index >= 15 is 0 Å². The number of nitrogens with zero attached hydrogens (tertiary/aromatic N) is 3. The van der Waals surface area contributed by atoms with Crippen LogP contribution in [0.4, 0.5) is 0 Å². The second-order valence-electron chi connectivity index (χ2n) is 11.0. The van der Waals surface area contributed by atoms with Crippen LogP contribution in [-0.4, -0.2) is 46.0 Å². The molecule has 0 radical (unpaired) electrons. The number of allylic oxidation sites excluding steroid dienone is 1. The van der Waals surface area contributed by atoms with Crippen molar-refractivity contribution in [2.75, 3.05) is 6.54 Å². The van der Waals surface area contributed by atoms with Gasteiger partial charge in [0.2, 0.25) is 11.8 Å². The lowest BCUT2D eigenvalue weighted by atomic mass is 9.94. The number of hydrogen-bond donors (Lipinski definition) is 1. The van der Waals surface area contributed by atoms with E-state index in [1.54, 1.807) is 13.0 Å². The van der Waals surface area contributed by atoms with Gasteiger partial charge < -0.3 is 14.7 Å². The number of amides is 2. The van der Waals surface area contributed by atoms with Gasteiger partial charge in [-0.15, -0.1) is 0 Å². The molecule has 0 bridgehead atoms. The van der Waals surface area contributed by atoms with Crippen molar-refractivity contribution in [1.29, 1.82) is 0 Å². The normalized spacial score (nSPS) is 18.0. The van der Waals surface area contributed by atoms with Crippen molar-refractivity contribution in [2.45, 2.75) is 64.5 Å². The van der Waals surface area contributed by atoms with Gasteiger partial charge in [-0.3, -0.25) is 19.4 Å². The third-order valence-corrected chi connectivity index (χ3v) is 7.85. The van der Waals surface area contributed by atoms with Crippen LogP contribution in [0.25, 0.3) is 0 Å². The van der Waals surface area contributed by atoms with Crippen molar-refractivity contribution in [2.24, 2.45) is 10.9 Å². The molecule has 212 valence electrons. The zero-order chi connectivity index (χ0) is 28.8. The highest BCUT2D eigenvalue weighted by Gasteiger charge is 2.34. The zero-order valence-electron chi connectivity index (χ0n) is 23.6. The number of likely N-dealkylation sites (tertiary alicyclic amines) is 1. The molecule has 2 aliphatic heterocycles. The smallest absolute Gasteiger partial charge is 0.224 e. The van der Waals surface area contributed by atoms with Crippen LogP contribution >= 0.6 is 0 Å². The second-order valence-corrected chi connectivity index (χ2v) is 11.0. The van der Waals surface area contributed by atoms with Crippen molar-refractivity contribution in [3.63, 3.8) is 0 Å². The topological polar surface area (TPSA) is 105 Å². The van der Waals surface area contributed by atoms with Crippen LogP contribution in [0, 0.1) is 12.8 Å². The highest BCUT2D eigenvalue weighted by Crippen LogP contribution is 2.33.